The van der Waals surface area contributed by atoms with Gasteiger partial charge in [-0.05, 0) is 33.6 Å². The van der Waals surface area contributed by atoms with Crippen molar-refractivity contribution in [2.75, 3.05) is 5.73 Å². The van der Waals surface area contributed by atoms with Crippen molar-refractivity contribution in [3.8, 4) is 17.2 Å². The van der Waals surface area contributed by atoms with Crippen LogP contribution >= 0.6 is 15.9 Å². The van der Waals surface area contributed by atoms with Gasteiger partial charge in [-0.1, -0.05) is 30.3 Å². The van der Waals surface area contributed by atoms with E-state index >= 15 is 0 Å². The monoisotopic (exact) mass is 272 g/mol. The Morgan fingerprint density at radius 3 is 2.44 bits per heavy atom. The number of nitrogen functional groups attached to an aromatic ring is 1. The molecule has 3 heteroatoms. The first-order chi connectivity index (χ1) is 7.72. The fraction of sp³-hybridized carbons (Fsp3) is 0. The summed E-state index contributed by atoms with van der Waals surface area (Å²) in [6.07, 6.45) is 0. The molecule has 0 saturated carbocycles. The molecule has 0 unspecified atom stereocenters. The second kappa shape index (κ2) is 4.38. The van der Waals surface area contributed by atoms with E-state index in [9.17, 15) is 0 Å². The first-order valence-corrected chi connectivity index (χ1v) is 5.56. The first kappa shape index (κ1) is 10.7. The molecule has 0 saturated heterocycles. The maximum atomic E-state index is 9.13. The largest absolute Gasteiger partial charge is 0.399 e. The molecule has 2 aromatic rings. The number of rotatable bonds is 1. The summed E-state index contributed by atoms with van der Waals surface area (Å²) in [5, 5.41) is 9.13. The Kier molecular flexibility index (Phi) is 2.93. The van der Waals surface area contributed by atoms with Crippen LogP contribution in [0.3, 0.4) is 0 Å². The highest BCUT2D eigenvalue weighted by molar-refractivity contribution is 9.10. The van der Waals surface area contributed by atoms with E-state index in [-0.39, 0.29) is 0 Å². The minimum atomic E-state index is 0.611. The number of hydrogen-bond acceptors (Lipinski definition) is 2. The Morgan fingerprint density at radius 2 is 1.81 bits per heavy atom. The van der Waals surface area contributed by atoms with E-state index in [2.05, 4.69) is 22.0 Å². The van der Waals surface area contributed by atoms with Gasteiger partial charge in [0.1, 0.15) is 6.07 Å². The van der Waals surface area contributed by atoms with Gasteiger partial charge in [0.2, 0.25) is 0 Å². The van der Waals surface area contributed by atoms with Crippen LogP contribution in [-0.4, -0.2) is 0 Å². The van der Waals surface area contributed by atoms with E-state index in [0.29, 0.717) is 11.3 Å². The lowest BCUT2D eigenvalue weighted by atomic mass is 10.00. The van der Waals surface area contributed by atoms with Gasteiger partial charge in [0.15, 0.2) is 0 Å². The second-order valence-corrected chi connectivity index (χ2v) is 4.26. The normalized spacial score (nSPS) is 9.75. The smallest absolute Gasteiger partial charge is 0.101 e. The molecule has 2 N–H and O–H groups in total. The Balaban J connectivity index is 2.70. The van der Waals surface area contributed by atoms with Crippen LogP contribution in [0.4, 0.5) is 5.69 Å². The van der Waals surface area contributed by atoms with Crippen LogP contribution in [0.5, 0.6) is 0 Å². The van der Waals surface area contributed by atoms with Gasteiger partial charge in [-0.2, -0.15) is 5.26 Å². The van der Waals surface area contributed by atoms with Crippen LogP contribution < -0.4 is 5.73 Å². The first-order valence-electron chi connectivity index (χ1n) is 4.77. The van der Waals surface area contributed by atoms with Crippen LogP contribution in [0, 0.1) is 11.3 Å². The maximum absolute atomic E-state index is 9.13. The Morgan fingerprint density at radius 1 is 1.12 bits per heavy atom. The SMILES string of the molecule is N#Cc1c(Br)cc(N)cc1-c1ccccc1. The number of nitriles is 1. The molecule has 0 bridgehead atoms. The molecule has 0 aliphatic heterocycles. The molecule has 78 valence electrons. The molecule has 0 aliphatic rings. The highest BCUT2D eigenvalue weighted by Crippen LogP contribution is 2.31. The zero-order valence-corrected chi connectivity index (χ0v) is 10.0. The lowest BCUT2D eigenvalue weighted by Crippen LogP contribution is -1.91. The Hall–Kier alpha value is -1.79. The summed E-state index contributed by atoms with van der Waals surface area (Å²) >= 11 is 3.35. The second-order valence-electron chi connectivity index (χ2n) is 3.40. The third kappa shape index (κ3) is 1.93. The average molecular weight is 273 g/mol. The lowest BCUT2D eigenvalue weighted by molar-refractivity contribution is 1.46. The molecule has 0 atom stereocenters. The fourth-order valence-corrected chi connectivity index (χ4v) is 2.15. The van der Waals surface area contributed by atoms with Gasteiger partial charge in [-0.25, -0.2) is 0 Å². The number of halogens is 1. The van der Waals surface area contributed by atoms with Crippen molar-refractivity contribution in [1.82, 2.24) is 0 Å². The van der Waals surface area contributed by atoms with E-state index < -0.39 is 0 Å². The zero-order valence-electron chi connectivity index (χ0n) is 8.44. The van der Waals surface area contributed by atoms with Crippen molar-refractivity contribution >= 4 is 21.6 Å². The van der Waals surface area contributed by atoms with Gasteiger partial charge in [0.05, 0.1) is 5.56 Å². The van der Waals surface area contributed by atoms with E-state index in [1.807, 2.05) is 36.4 Å². The molecule has 16 heavy (non-hydrogen) atoms. The number of nitrogens with two attached hydrogens (primary N) is 1. The van der Waals surface area contributed by atoms with Crippen molar-refractivity contribution in [1.29, 1.82) is 5.26 Å². The summed E-state index contributed by atoms with van der Waals surface area (Å²) in [6, 6.07) is 15.5. The number of hydrogen-bond donors (Lipinski definition) is 1. The van der Waals surface area contributed by atoms with Crippen LogP contribution in [0.2, 0.25) is 0 Å². The van der Waals surface area contributed by atoms with Crippen LogP contribution in [0.25, 0.3) is 11.1 Å². The number of nitrogens with zero attached hydrogens (tertiary/aromatic N) is 1. The van der Waals surface area contributed by atoms with Gasteiger partial charge in [-0.15, -0.1) is 0 Å². The predicted molar refractivity (Wildman–Crippen MR) is 68.7 cm³/mol. The van der Waals surface area contributed by atoms with Crippen LogP contribution in [0.15, 0.2) is 46.9 Å². The Bertz CT molecular complexity index is 556. The molecule has 2 aromatic carbocycles. The summed E-state index contributed by atoms with van der Waals surface area (Å²) in [7, 11) is 0. The Labute approximate surface area is 102 Å². The van der Waals surface area contributed by atoms with E-state index in [0.717, 1.165) is 15.6 Å². The van der Waals surface area contributed by atoms with Gasteiger partial charge < -0.3 is 5.73 Å². The molecule has 0 radical (unpaired) electrons. The van der Waals surface area contributed by atoms with Crippen molar-refractivity contribution in [2.45, 2.75) is 0 Å². The molecular formula is C13H9BrN2. The molecule has 0 fully saturated rings. The van der Waals surface area contributed by atoms with E-state index in [1.165, 1.54) is 0 Å². The molecule has 0 amide bonds. The van der Waals surface area contributed by atoms with Crippen molar-refractivity contribution < 1.29 is 0 Å². The number of anilines is 1. The number of benzene rings is 2. The van der Waals surface area contributed by atoms with Gasteiger partial charge >= 0.3 is 0 Å². The minimum absolute atomic E-state index is 0.611. The van der Waals surface area contributed by atoms with E-state index in [1.54, 1.807) is 6.07 Å². The summed E-state index contributed by atoms with van der Waals surface area (Å²) in [5.41, 5.74) is 8.88. The average Bonchev–Trinajstić information content (AvgIpc) is 2.29. The standard InChI is InChI=1S/C13H9BrN2/c14-13-7-10(16)6-11(12(13)8-15)9-4-2-1-3-5-9/h1-7H,16H2. The third-order valence-corrected chi connectivity index (χ3v) is 2.93. The topological polar surface area (TPSA) is 49.8 Å². The fourth-order valence-electron chi connectivity index (χ4n) is 1.59. The van der Waals surface area contributed by atoms with E-state index in [4.69, 9.17) is 11.0 Å². The van der Waals surface area contributed by atoms with Crippen LogP contribution in [-0.2, 0) is 0 Å². The van der Waals surface area contributed by atoms with Crippen molar-refractivity contribution in [3.63, 3.8) is 0 Å². The molecule has 0 spiro atoms. The highest BCUT2D eigenvalue weighted by Gasteiger charge is 2.09. The molecule has 0 aliphatic carbocycles. The minimum Gasteiger partial charge on any atom is -0.399 e. The molecule has 0 heterocycles. The highest BCUT2D eigenvalue weighted by atomic mass is 79.9. The summed E-state index contributed by atoms with van der Waals surface area (Å²) in [5.74, 6) is 0. The summed E-state index contributed by atoms with van der Waals surface area (Å²) in [6.45, 7) is 0. The maximum Gasteiger partial charge on any atom is 0.101 e. The third-order valence-electron chi connectivity index (χ3n) is 2.31. The molecule has 2 rings (SSSR count). The van der Waals surface area contributed by atoms with Gasteiger partial charge in [-0.3, -0.25) is 0 Å². The van der Waals surface area contributed by atoms with Crippen molar-refractivity contribution in [2.24, 2.45) is 0 Å². The lowest BCUT2D eigenvalue weighted by Gasteiger charge is -2.07. The molecule has 0 aromatic heterocycles. The quantitative estimate of drug-likeness (QED) is 0.807. The summed E-state index contributed by atoms with van der Waals surface area (Å²) < 4.78 is 0.730. The van der Waals surface area contributed by atoms with Gasteiger partial charge in [0.25, 0.3) is 0 Å². The van der Waals surface area contributed by atoms with Gasteiger partial charge in [0, 0.05) is 15.7 Å². The predicted octanol–water partition coefficient (Wildman–Crippen LogP) is 3.57. The zero-order chi connectivity index (χ0) is 11.5. The molecular weight excluding hydrogens is 264 g/mol. The van der Waals surface area contributed by atoms with Crippen LogP contribution in [0.1, 0.15) is 5.56 Å². The summed E-state index contributed by atoms with van der Waals surface area (Å²) in [4.78, 5) is 0. The molecule has 2 nitrogen and oxygen atoms in total. The van der Waals surface area contributed by atoms with Crippen molar-refractivity contribution in [3.05, 3.63) is 52.5 Å².